The summed E-state index contributed by atoms with van der Waals surface area (Å²) in [7, 11) is 0. The van der Waals surface area contributed by atoms with Gasteiger partial charge in [0.15, 0.2) is 0 Å². The Labute approximate surface area is 171 Å². The number of aryl methyl sites for hydroxylation is 1. The quantitative estimate of drug-likeness (QED) is 0.611. The minimum Gasteiger partial charge on any atom is -0.335 e. The zero-order chi connectivity index (χ0) is 20.4. The molecule has 4 rings (SSSR count). The summed E-state index contributed by atoms with van der Waals surface area (Å²) in [6, 6.07) is 16.4. The van der Waals surface area contributed by atoms with Crippen LogP contribution in [0.4, 0.5) is 0 Å². The van der Waals surface area contributed by atoms with Gasteiger partial charge in [-0.15, -0.1) is 0 Å². The molecular formula is C24H27N3O2. The Kier molecular flexibility index (Phi) is 5.47. The van der Waals surface area contributed by atoms with Crippen molar-refractivity contribution in [3.05, 3.63) is 76.1 Å². The van der Waals surface area contributed by atoms with Crippen LogP contribution in [-0.4, -0.2) is 26.6 Å². The maximum Gasteiger partial charge on any atom is 0.224 e. The van der Waals surface area contributed by atoms with Crippen molar-refractivity contribution < 1.29 is 4.79 Å². The van der Waals surface area contributed by atoms with Gasteiger partial charge in [-0.05, 0) is 42.0 Å². The smallest absolute Gasteiger partial charge is 0.224 e. The lowest BCUT2D eigenvalue weighted by Gasteiger charge is -2.23. The molecule has 1 aromatic heterocycles. The second-order valence-electron chi connectivity index (χ2n) is 8.15. The summed E-state index contributed by atoms with van der Waals surface area (Å²) < 4.78 is 1.76. The number of fused-ring (bicyclic) bond motifs is 1. The number of rotatable bonds is 7. The van der Waals surface area contributed by atoms with Crippen LogP contribution in [0.1, 0.15) is 50.2 Å². The molecule has 0 spiro atoms. The lowest BCUT2D eigenvalue weighted by atomic mass is 10.0. The molecule has 0 N–H and O–H groups in total. The van der Waals surface area contributed by atoms with Crippen molar-refractivity contribution in [3.63, 3.8) is 0 Å². The molecule has 1 saturated carbocycles. The third kappa shape index (κ3) is 4.39. The zero-order valence-electron chi connectivity index (χ0n) is 17.0. The molecule has 1 fully saturated rings. The molecule has 5 heteroatoms. The Morgan fingerprint density at radius 2 is 1.86 bits per heavy atom. The molecule has 0 unspecified atom stereocenters. The van der Waals surface area contributed by atoms with Gasteiger partial charge in [-0.1, -0.05) is 50.2 Å². The van der Waals surface area contributed by atoms with Gasteiger partial charge in [0.05, 0.1) is 18.3 Å². The van der Waals surface area contributed by atoms with Gasteiger partial charge >= 0.3 is 0 Å². The fraction of sp³-hybridized carbons (Fsp3) is 0.375. The van der Waals surface area contributed by atoms with E-state index in [0.717, 1.165) is 18.4 Å². The van der Waals surface area contributed by atoms with Crippen LogP contribution in [0.3, 0.4) is 0 Å². The Bertz CT molecular complexity index is 1070. The first kappa shape index (κ1) is 19.4. The maximum atomic E-state index is 13.0. The van der Waals surface area contributed by atoms with Gasteiger partial charge in [0.2, 0.25) is 11.3 Å². The number of carbonyl (C=O) groups is 1. The lowest BCUT2D eigenvalue weighted by molar-refractivity contribution is -0.132. The molecular weight excluding hydrogens is 362 g/mol. The monoisotopic (exact) mass is 389 g/mol. The van der Waals surface area contributed by atoms with Crippen molar-refractivity contribution in [1.82, 2.24) is 14.7 Å². The second-order valence-corrected chi connectivity index (χ2v) is 8.15. The van der Waals surface area contributed by atoms with E-state index in [-0.39, 0.29) is 11.3 Å². The maximum absolute atomic E-state index is 13.0. The Morgan fingerprint density at radius 1 is 1.14 bits per heavy atom. The summed E-state index contributed by atoms with van der Waals surface area (Å²) in [6.45, 7) is 5.49. The van der Waals surface area contributed by atoms with E-state index in [9.17, 15) is 9.59 Å². The van der Waals surface area contributed by atoms with Crippen LogP contribution in [-0.2, 0) is 17.9 Å². The summed E-state index contributed by atoms with van der Waals surface area (Å²) in [5.74, 6) is 0.648. The van der Waals surface area contributed by atoms with Crippen LogP contribution in [0.15, 0.2) is 59.5 Å². The van der Waals surface area contributed by atoms with Crippen molar-refractivity contribution in [3.8, 4) is 0 Å². The third-order valence-electron chi connectivity index (χ3n) is 5.61. The fourth-order valence-corrected chi connectivity index (χ4v) is 3.70. The predicted molar refractivity (Wildman–Crippen MR) is 115 cm³/mol. The van der Waals surface area contributed by atoms with Crippen LogP contribution in [0.2, 0.25) is 0 Å². The first-order valence-corrected chi connectivity index (χ1v) is 10.4. The topological polar surface area (TPSA) is 55.2 Å². The Balaban J connectivity index is 1.46. The number of para-hydroxylation sites is 1. The molecule has 29 heavy (non-hydrogen) atoms. The van der Waals surface area contributed by atoms with E-state index in [1.165, 1.54) is 17.3 Å². The van der Waals surface area contributed by atoms with Crippen LogP contribution in [0.25, 0.3) is 10.9 Å². The number of nitrogens with zero attached hydrogens (tertiary/aromatic N) is 3. The van der Waals surface area contributed by atoms with E-state index < -0.39 is 0 Å². The first-order chi connectivity index (χ1) is 14.0. The molecule has 5 nitrogen and oxygen atoms in total. The molecule has 2 aromatic carbocycles. The number of hydrogen-bond donors (Lipinski definition) is 0. The molecule has 150 valence electrons. The van der Waals surface area contributed by atoms with Crippen molar-refractivity contribution in [2.24, 2.45) is 0 Å². The molecule has 0 saturated heterocycles. The van der Waals surface area contributed by atoms with Gasteiger partial charge < -0.3 is 4.90 Å². The molecule has 0 bridgehead atoms. The van der Waals surface area contributed by atoms with Crippen molar-refractivity contribution in [1.29, 1.82) is 0 Å². The summed E-state index contributed by atoms with van der Waals surface area (Å²) >= 11 is 0. The van der Waals surface area contributed by atoms with Gasteiger partial charge in [0.1, 0.15) is 0 Å². The van der Waals surface area contributed by atoms with E-state index in [2.05, 4.69) is 43.2 Å². The molecule has 3 aromatic rings. The molecule has 1 aliphatic rings. The minimum absolute atomic E-state index is 0.0902. The Hall–Kier alpha value is -2.95. The summed E-state index contributed by atoms with van der Waals surface area (Å²) in [6.07, 6.45) is 3.87. The number of carbonyl (C=O) groups excluding carboxylic acids is 1. The average Bonchev–Trinajstić information content (AvgIpc) is 3.57. The normalized spacial score (nSPS) is 13.8. The standard InChI is InChI=1S/C24H27N3O2/c1-17(2)19-9-7-18(8-10-19)16-26(20-11-12-20)24(29)13-14-27-22-6-4-3-5-21(22)23(28)15-25-27/h3-10,15,17,20H,11-14,16H2,1-2H3. The summed E-state index contributed by atoms with van der Waals surface area (Å²) in [5, 5.41) is 4.88. The van der Waals surface area contributed by atoms with Gasteiger partial charge in [-0.25, -0.2) is 0 Å². The highest BCUT2D eigenvalue weighted by atomic mass is 16.2. The highest BCUT2D eigenvalue weighted by Gasteiger charge is 2.32. The summed E-state index contributed by atoms with van der Waals surface area (Å²) in [4.78, 5) is 27.0. The molecule has 1 aliphatic carbocycles. The second kappa shape index (κ2) is 8.19. The fourth-order valence-electron chi connectivity index (χ4n) is 3.70. The van der Waals surface area contributed by atoms with Crippen molar-refractivity contribution in [2.45, 2.75) is 58.2 Å². The first-order valence-electron chi connectivity index (χ1n) is 10.4. The molecule has 0 atom stereocenters. The van der Waals surface area contributed by atoms with E-state index in [1.807, 2.05) is 23.1 Å². The van der Waals surface area contributed by atoms with E-state index in [4.69, 9.17) is 0 Å². The van der Waals surface area contributed by atoms with Crippen LogP contribution in [0.5, 0.6) is 0 Å². The highest BCUT2D eigenvalue weighted by molar-refractivity contribution is 5.79. The molecule has 1 amide bonds. The van der Waals surface area contributed by atoms with E-state index in [1.54, 1.807) is 10.7 Å². The van der Waals surface area contributed by atoms with Crippen LogP contribution in [0, 0.1) is 0 Å². The molecule has 0 radical (unpaired) electrons. The highest BCUT2D eigenvalue weighted by Crippen LogP contribution is 2.29. The van der Waals surface area contributed by atoms with Crippen molar-refractivity contribution in [2.75, 3.05) is 0 Å². The predicted octanol–water partition coefficient (Wildman–Crippen LogP) is 4.10. The SMILES string of the molecule is CC(C)c1ccc(CN(C(=O)CCn2ncc(=O)c3ccccc32)C2CC2)cc1. The number of benzene rings is 2. The third-order valence-corrected chi connectivity index (χ3v) is 5.61. The van der Waals surface area contributed by atoms with Gasteiger partial charge in [-0.2, -0.15) is 5.10 Å². The molecule has 0 aliphatic heterocycles. The van der Waals surface area contributed by atoms with Gasteiger partial charge in [0.25, 0.3) is 0 Å². The Morgan fingerprint density at radius 3 is 2.55 bits per heavy atom. The van der Waals surface area contributed by atoms with E-state index in [0.29, 0.717) is 36.9 Å². The number of amides is 1. The minimum atomic E-state index is -0.0902. The van der Waals surface area contributed by atoms with Crippen LogP contribution >= 0.6 is 0 Å². The number of aromatic nitrogens is 2. The number of hydrogen-bond acceptors (Lipinski definition) is 3. The zero-order valence-corrected chi connectivity index (χ0v) is 17.0. The largest absolute Gasteiger partial charge is 0.335 e. The van der Waals surface area contributed by atoms with Gasteiger partial charge in [-0.3, -0.25) is 14.3 Å². The lowest BCUT2D eigenvalue weighted by Crippen LogP contribution is -2.33. The van der Waals surface area contributed by atoms with E-state index >= 15 is 0 Å². The molecule has 1 heterocycles. The average molecular weight is 389 g/mol. The van der Waals surface area contributed by atoms with Crippen LogP contribution < -0.4 is 5.43 Å². The van der Waals surface area contributed by atoms with Crippen molar-refractivity contribution >= 4 is 16.8 Å². The van der Waals surface area contributed by atoms with Gasteiger partial charge in [0, 0.05) is 24.4 Å². The summed E-state index contributed by atoms with van der Waals surface area (Å²) in [5.41, 5.74) is 3.17.